The SMILES string of the molecule is C=CCCc1cc(-c2ccc3ncc(C(C)=O)c(NC4CCCCC4)c3c2)cc(Cl)c1N. The predicted octanol–water partition coefficient (Wildman–Crippen LogP) is 7.20. The number of nitrogens with two attached hydrogens (primary N) is 1. The van der Waals surface area contributed by atoms with Gasteiger partial charge in [-0.3, -0.25) is 9.78 Å². The number of hydrogen-bond donors (Lipinski definition) is 2. The molecule has 4 rings (SSSR count). The van der Waals surface area contributed by atoms with Crippen LogP contribution in [-0.4, -0.2) is 16.8 Å². The molecule has 0 spiro atoms. The van der Waals surface area contributed by atoms with Gasteiger partial charge in [0.15, 0.2) is 5.78 Å². The summed E-state index contributed by atoms with van der Waals surface area (Å²) in [5.41, 5.74) is 12.3. The van der Waals surface area contributed by atoms with Gasteiger partial charge in [0.05, 0.1) is 27.5 Å². The van der Waals surface area contributed by atoms with Gasteiger partial charge in [0, 0.05) is 17.6 Å². The molecular formula is C27H30ClN3O. The van der Waals surface area contributed by atoms with Gasteiger partial charge in [-0.15, -0.1) is 6.58 Å². The third-order valence-electron chi connectivity index (χ3n) is 6.37. The van der Waals surface area contributed by atoms with E-state index < -0.39 is 0 Å². The number of aryl methyl sites for hydroxylation is 1. The van der Waals surface area contributed by atoms with E-state index in [9.17, 15) is 4.79 Å². The first-order chi connectivity index (χ1) is 15.5. The van der Waals surface area contributed by atoms with Crippen LogP contribution >= 0.6 is 11.6 Å². The maximum Gasteiger partial charge on any atom is 0.163 e. The van der Waals surface area contributed by atoms with Crippen molar-refractivity contribution in [3.63, 3.8) is 0 Å². The highest BCUT2D eigenvalue weighted by Crippen LogP contribution is 2.36. The summed E-state index contributed by atoms with van der Waals surface area (Å²) in [5.74, 6) is 0.0188. The van der Waals surface area contributed by atoms with Crippen LogP contribution in [0.2, 0.25) is 5.02 Å². The second-order valence-electron chi connectivity index (χ2n) is 8.67. The van der Waals surface area contributed by atoms with Crippen molar-refractivity contribution >= 4 is 39.7 Å². The average Bonchev–Trinajstić information content (AvgIpc) is 2.80. The first-order valence-corrected chi connectivity index (χ1v) is 11.7. The van der Waals surface area contributed by atoms with Crippen molar-refractivity contribution in [3.8, 4) is 11.1 Å². The number of fused-ring (bicyclic) bond motifs is 1. The molecule has 0 atom stereocenters. The largest absolute Gasteiger partial charge is 0.397 e. The zero-order chi connectivity index (χ0) is 22.7. The summed E-state index contributed by atoms with van der Waals surface area (Å²) >= 11 is 6.47. The molecular weight excluding hydrogens is 418 g/mol. The summed E-state index contributed by atoms with van der Waals surface area (Å²) < 4.78 is 0. The number of anilines is 2. The second-order valence-corrected chi connectivity index (χ2v) is 9.08. The lowest BCUT2D eigenvalue weighted by atomic mass is 9.94. The number of benzene rings is 2. The highest BCUT2D eigenvalue weighted by molar-refractivity contribution is 6.33. The second kappa shape index (κ2) is 9.74. The van der Waals surface area contributed by atoms with Gasteiger partial charge in [0.25, 0.3) is 0 Å². The summed E-state index contributed by atoms with van der Waals surface area (Å²) in [7, 11) is 0. The zero-order valence-electron chi connectivity index (χ0n) is 18.6. The Bertz CT molecular complexity index is 1170. The van der Waals surface area contributed by atoms with Crippen molar-refractivity contribution in [2.75, 3.05) is 11.1 Å². The highest BCUT2D eigenvalue weighted by Gasteiger charge is 2.19. The van der Waals surface area contributed by atoms with Crippen LogP contribution in [0.4, 0.5) is 11.4 Å². The molecule has 3 aromatic rings. The smallest absolute Gasteiger partial charge is 0.163 e. The minimum Gasteiger partial charge on any atom is -0.397 e. The van der Waals surface area contributed by atoms with Crippen LogP contribution in [0.25, 0.3) is 22.0 Å². The number of ketones is 1. The molecule has 0 aliphatic heterocycles. The molecule has 4 nitrogen and oxygen atoms in total. The molecule has 32 heavy (non-hydrogen) atoms. The van der Waals surface area contributed by atoms with Gasteiger partial charge in [-0.25, -0.2) is 0 Å². The Morgan fingerprint density at radius 3 is 2.72 bits per heavy atom. The van der Waals surface area contributed by atoms with Gasteiger partial charge < -0.3 is 11.1 Å². The molecule has 166 valence electrons. The number of carbonyl (C=O) groups excluding carboxylic acids is 1. The van der Waals surface area contributed by atoms with Crippen molar-refractivity contribution in [2.24, 2.45) is 0 Å². The monoisotopic (exact) mass is 447 g/mol. The first kappa shape index (κ1) is 22.3. The summed E-state index contributed by atoms with van der Waals surface area (Å²) in [4.78, 5) is 17.0. The molecule has 1 aliphatic carbocycles. The van der Waals surface area contributed by atoms with E-state index in [1.165, 1.54) is 19.3 Å². The van der Waals surface area contributed by atoms with E-state index in [4.69, 9.17) is 17.3 Å². The van der Waals surface area contributed by atoms with Crippen LogP contribution in [0.3, 0.4) is 0 Å². The van der Waals surface area contributed by atoms with E-state index in [0.29, 0.717) is 22.3 Å². The lowest BCUT2D eigenvalue weighted by Gasteiger charge is -2.25. The van der Waals surface area contributed by atoms with Crippen LogP contribution in [0.5, 0.6) is 0 Å². The van der Waals surface area contributed by atoms with E-state index in [-0.39, 0.29) is 5.78 Å². The molecule has 0 bridgehead atoms. The van der Waals surface area contributed by atoms with Crippen LogP contribution in [0.1, 0.15) is 61.4 Å². The Balaban J connectivity index is 1.82. The van der Waals surface area contributed by atoms with Crippen molar-refractivity contribution < 1.29 is 4.79 Å². The molecule has 1 fully saturated rings. The van der Waals surface area contributed by atoms with Crippen LogP contribution in [0.15, 0.2) is 49.2 Å². The van der Waals surface area contributed by atoms with Gasteiger partial charge in [0.1, 0.15) is 0 Å². The quantitative estimate of drug-likeness (QED) is 0.228. The number of hydrogen-bond acceptors (Lipinski definition) is 4. The molecule has 0 amide bonds. The Morgan fingerprint density at radius 1 is 1.22 bits per heavy atom. The molecule has 1 aromatic heterocycles. The Kier molecular flexibility index (Phi) is 6.80. The van der Waals surface area contributed by atoms with E-state index in [0.717, 1.165) is 59.0 Å². The molecule has 1 saturated carbocycles. The Morgan fingerprint density at radius 2 is 2.00 bits per heavy atom. The van der Waals surface area contributed by atoms with Gasteiger partial charge in [-0.2, -0.15) is 0 Å². The molecule has 1 aliphatic rings. The van der Waals surface area contributed by atoms with Crippen molar-refractivity contribution in [3.05, 3.63) is 65.3 Å². The molecule has 3 N–H and O–H groups in total. The molecule has 0 saturated heterocycles. The number of nitrogen functional groups attached to an aromatic ring is 1. The zero-order valence-corrected chi connectivity index (χ0v) is 19.3. The first-order valence-electron chi connectivity index (χ1n) is 11.4. The van der Waals surface area contributed by atoms with Gasteiger partial charge >= 0.3 is 0 Å². The maximum atomic E-state index is 12.4. The topological polar surface area (TPSA) is 68.0 Å². The van der Waals surface area contributed by atoms with E-state index in [1.54, 1.807) is 13.1 Å². The number of rotatable bonds is 7. The minimum absolute atomic E-state index is 0.0188. The van der Waals surface area contributed by atoms with Crippen LogP contribution < -0.4 is 11.1 Å². The van der Waals surface area contributed by atoms with Crippen molar-refractivity contribution in [2.45, 2.75) is 57.9 Å². The number of nitrogens with one attached hydrogen (secondary N) is 1. The third kappa shape index (κ3) is 4.66. The number of Topliss-reactive ketones (excluding diaryl/α,β-unsaturated/α-hetero) is 1. The Hall–Kier alpha value is -2.85. The summed E-state index contributed by atoms with van der Waals surface area (Å²) in [5, 5.41) is 5.21. The number of aromatic nitrogens is 1. The minimum atomic E-state index is 0.0188. The molecule has 5 heteroatoms. The molecule has 0 unspecified atom stereocenters. The molecule has 2 aromatic carbocycles. The number of allylic oxidation sites excluding steroid dienone is 1. The fraction of sp³-hybridized carbons (Fsp3) is 0.333. The number of nitrogens with zero attached hydrogens (tertiary/aromatic N) is 1. The van der Waals surface area contributed by atoms with Crippen LogP contribution in [0, 0.1) is 0 Å². The Labute approximate surface area is 194 Å². The maximum absolute atomic E-state index is 12.4. The number of carbonyl (C=O) groups is 1. The standard InChI is InChI=1S/C27H30ClN3O/c1-3-4-8-19-13-20(15-24(28)26(19)29)18-11-12-25-22(14-18)27(23(16-30-25)17(2)32)31-21-9-6-5-7-10-21/h3,11-16,21H,1,4-10,29H2,2H3,(H,30,31). The summed E-state index contributed by atoms with van der Waals surface area (Å²) in [6.45, 7) is 5.41. The van der Waals surface area contributed by atoms with Crippen molar-refractivity contribution in [1.82, 2.24) is 4.98 Å². The molecule has 1 heterocycles. The highest BCUT2D eigenvalue weighted by atomic mass is 35.5. The van der Waals surface area contributed by atoms with Crippen molar-refractivity contribution in [1.29, 1.82) is 0 Å². The van der Waals surface area contributed by atoms with Gasteiger partial charge in [-0.05, 0) is 73.6 Å². The average molecular weight is 448 g/mol. The lowest BCUT2D eigenvalue weighted by Crippen LogP contribution is -2.23. The van der Waals surface area contributed by atoms with Crippen LogP contribution in [-0.2, 0) is 6.42 Å². The number of halogens is 1. The lowest BCUT2D eigenvalue weighted by molar-refractivity contribution is 0.101. The summed E-state index contributed by atoms with van der Waals surface area (Å²) in [6.07, 6.45) is 11.2. The number of pyridine rings is 1. The van der Waals surface area contributed by atoms with E-state index in [2.05, 4.69) is 29.0 Å². The predicted molar refractivity (Wildman–Crippen MR) is 136 cm³/mol. The van der Waals surface area contributed by atoms with E-state index in [1.807, 2.05) is 24.3 Å². The van der Waals surface area contributed by atoms with Gasteiger partial charge in [0.2, 0.25) is 0 Å². The third-order valence-corrected chi connectivity index (χ3v) is 6.68. The fourth-order valence-electron chi connectivity index (χ4n) is 4.55. The van der Waals surface area contributed by atoms with E-state index >= 15 is 0 Å². The van der Waals surface area contributed by atoms with Gasteiger partial charge in [-0.1, -0.05) is 43.0 Å². The normalized spacial score (nSPS) is 14.4. The molecule has 0 radical (unpaired) electrons. The fourth-order valence-corrected chi connectivity index (χ4v) is 4.79. The summed E-state index contributed by atoms with van der Waals surface area (Å²) in [6, 6.07) is 10.6.